The fourth-order valence-electron chi connectivity index (χ4n) is 1.61. The number of hydrogen-bond acceptors (Lipinski definition) is 2. The number of rotatable bonds is 3. The van der Waals surface area contributed by atoms with Crippen molar-refractivity contribution in [2.24, 2.45) is 0 Å². The molecule has 20 heavy (non-hydrogen) atoms. The molecule has 0 saturated carbocycles. The Balaban J connectivity index is 2.77. The largest absolute Gasteiger partial charge is 0.350 e. The molecule has 1 aromatic rings. The standard InChI is InChI=1S/C14H18Br2N2O2/c1-14(2,3)17-12(19)8-18(4)13(20)10-7-9(15)5-6-11(10)16/h5-7H,8H2,1-4H3,(H,17,19). The summed E-state index contributed by atoms with van der Waals surface area (Å²) in [6, 6.07) is 5.36. The third-order valence-electron chi connectivity index (χ3n) is 2.40. The summed E-state index contributed by atoms with van der Waals surface area (Å²) in [5, 5.41) is 2.83. The van der Waals surface area contributed by atoms with Crippen molar-refractivity contribution in [1.29, 1.82) is 0 Å². The number of benzene rings is 1. The summed E-state index contributed by atoms with van der Waals surface area (Å²) < 4.78 is 1.52. The Bertz CT molecular complexity index is 524. The molecule has 0 fully saturated rings. The number of carbonyl (C=O) groups excluding carboxylic acids is 2. The molecule has 0 aliphatic rings. The number of amides is 2. The normalized spacial score (nSPS) is 11.1. The van der Waals surface area contributed by atoms with Gasteiger partial charge in [-0.25, -0.2) is 0 Å². The summed E-state index contributed by atoms with van der Waals surface area (Å²) in [5.74, 6) is -0.387. The smallest absolute Gasteiger partial charge is 0.255 e. The van der Waals surface area contributed by atoms with Crippen LogP contribution in [0.4, 0.5) is 0 Å². The van der Waals surface area contributed by atoms with Crippen LogP contribution in [-0.4, -0.2) is 35.8 Å². The molecule has 0 saturated heterocycles. The number of likely N-dealkylation sites (N-methyl/N-ethyl adjacent to an activating group) is 1. The van der Waals surface area contributed by atoms with Gasteiger partial charge in [0.05, 0.1) is 12.1 Å². The maximum absolute atomic E-state index is 12.3. The Kier molecular flexibility index (Phi) is 5.77. The predicted molar refractivity (Wildman–Crippen MR) is 86.7 cm³/mol. The lowest BCUT2D eigenvalue weighted by atomic mass is 10.1. The molecule has 0 radical (unpaired) electrons. The van der Waals surface area contributed by atoms with Gasteiger partial charge in [0.1, 0.15) is 0 Å². The third-order valence-corrected chi connectivity index (χ3v) is 3.59. The van der Waals surface area contributed by atoms with Crippen molar-refractivity contribution in [2.45, 2.75) is 26.3 Å². The van der Waals surface area contributed by atoms with E-state index >= 15 is 0 Å². The quantitative estimate of drug-likeness (QED) is 0.839. The highest BCUT2D eigenvalue weighted by Gasteiger charge is 2.20. The predicted octanol–water partition coefficient (Wildman–Crippen LogP) is 3.20. The Morgan fingerprint density at radius 2 is 1.85 bits per heavy atom. The van der Waals surface area contributed by atoms with Crippen LogP contribution < -0.4 is 5.32 Å². The first-order valence-corrected chi connectivity index (χ1v) is 7.70. The lowest BCUT2D eigenvalue weighted by Gasteiger charge is -2.23. The Hall–Kier alpha value is -0.880. The van der Waals surface area contributed by atoms with Crippen LogP contribution in [0, 0.1) is 0 Å². The zero-order valence-electron chi connectivity index (χ0n) is 12.0. The Labute approximate surface area is 136 Å². The van der Waals surface area contributed by atoms with Gasteiger partial charge in [-0.2, -0.15) is 0 Å². The summed E-state index contributed by atoms with van der Waals surface area (Å²) >= 11 is 6.68. The van der Waals surface area contributed by atoms with Crippen LogP contribution in [0.2, 0.25) is 0 Å². The van der Waals surface area contributed by atoms with Crippen LogP contribution >= 0.6 is 31.9 Å². The van der Waals surface area contributed by atoms with E-state index in [1.54, 1.807) is 19.2 Å². The van der Waals surface area contributed by atoms with Gasteiger partial charge in [0.15, 0.2) is 0 Å². The molecule has 1 N–H and O–H groups in total. The van der Waals surface area contributed by atoms with E-state index in [1.807, 2.05) is 26.8 Å². The molecule has 4 nitrogen and oxygen atoms in total. The molecule has 0 aliphatic carbocycles. The van der Waals surface area contributed by atoms with E-state index in [0.717, 1.165) is 4.47 Å². The first-order valence-electron chi connectivity index (χ1n) is 6.11. The SMILES string of the molecule is CN(CC(=O)NC(C)(C)C)C(=O)c1cc(Br)ccc1Br. The van der Waals surface area contributed by atoms with Gasteiger partial charge in [0.2, 0.25) is 5.91 Å². The average molecular weight is 406 g/mol. The molecular weight excluding hydrogens is 388 g/mol. The first kappa shape index (κ1) is 17.2. The molecule has 1 aromatic carbocycles. The van der Waals surface area contributed by atoms with Crippen molar-refractivity contribution < 1.29 is 9.59 Å². The van der Waals surface area contributed by atoms with Gasteiger partial charge in [0.25, 0.3) is 5.91 Å². The molecule has 0 aromatic heterocycles. The van der Waals surface area contributed by atoms with E-state index in [1.165, 1.54) is 4.90 Å². The van der Waals surface area contributed by atoms with Gasteiger partial charge >= 0.3 is 0 Å². The van der Waals surface area contributed by atoms with Gasteiger partial charge in [-0.1, -0.05) is 15.9 Å². The number of carbonyl (C=O) groups is 2. The second-order valence-corrected chi connectivity index (χ2v) is 7.35. The van der Waals surface area contributed by atoms with E-state index in [0.29, 0.717) is 10.0 Å². The van der Waals surface area contributed by atoms with Gasteiger partial charge < -0.3 is 10.2 Å². The molecule has 110 valence electrons. The fourth-order valence-corrected chi connectivity index (χ4v) is 2.39. The van der Waals surface area contributed by atoms with E-state index < -0.39 is 0 Å². The van der Waals surface area contributed by atoms with E-state index in [4.69, 9.17) is 0 Å². The topological polar surface area (TPSA) is 49.4 Å². The zero-order valence-corrected chi connectivity index (χ0v) is 15.1. The van der Waals surface area contributed by atoms with Crippen LogP contribution in [-0.2, 0) is 4.79 Å². The van der Waals surface area contributed by atoms with Gasteiger partial charge in [-0.3, -0.25) is 9.59 Å². The van der Waals surface area contributed by atoms with E-state index in [-0.39, 0.29) is 23.9 Å². The molecule has 1 rings (SSSR count). The molecule has 0 atom stereocenters. The Morgan fingerprint density at radius 3 is 2.40 bits per heavy atom. The van der Waals surface area contributed by atoms with E-state index in [9.17, 15) is 9.59 Å². The van der Waals surface area contributed by atoms with Gasteiger partial charge in [0, 0.05) is 21.5 Å². The van der Waals surface area contributed by atoms with Crippen molar-refractivity contribution in [3.63, 3.8) is 0 Å². The van der Waals surface area contributed by atoms with Gasteiger partial charge in [-0.05, 0) is 54.9 Å². The van der Waals surface area contributed by atoms with Crippen molar-refractivity contribution in [2.75, 3.05) is 13.6 Å². The lowest BCUT2D eigenvalue weighted by molar-refractivity contribution is -0.122. The van der Waals surface area contributed by atoms with Crippen LogP contribution in [0.3, 0.4) is 0 Å². The molecule has 2 amide bonds. The minimum atomic E-state index is -0.308. The highest BCUT2D eigenvalue weighted by Crippen LogP contribution is 2.22. The van der Waals surface area contributed by atoms with Crippen LogP contribution in [0.25, 0.3) is 0 Å². The minimum absolute atomic E-state index is 0.0229. The summed E-state index contributed by atoms with van der Waals surface area (Å²) in [4.78, 5) is 25.5. The second-order valence-electron chi connectivity index (χ2n) is 5.58. The number of hydrogen-bond donors (Lipinski definition) is 1. The summed E-state index contributed by atoms with van der Waals surface area (Å²) in [6.45, 7) is 5.72. The third kappa shape index (κ3) is 5.25. The van der Waals surface area contributed by atoms with Crippen LogP contribution in [0.1, 0.15) is 31.1 Å². The number of halogens is 2. The molecule has 6 heteroatoms. The van der Waals surface area contributed by atoms with Crippen molar-refractivity contribution in [3.05, 3.63) is 32.7 Å². The Morgan fingerprint density at radius 1 is 1.25 bits per heavy atom. The summed E-state index contributed by atoms with van der Waals surface area (Å²) in [7, 11) is 1.61. The number of nitrogens with zero attached hydrogens (tertiary/aromatic N) is 1. The molecule has 0 heterocycles. The molecule has 0 bridgehead atoms. The maximum atomic E-state index is 12.3. The summed E-state index contributed by atoms with van der Waals surface area (Å²) in [6.07, 6.45) is 0. The fraction of sp³-hybridized carbons (Fsp3) is 0.429. The molecular formula is C14H18Br2N2O2. The summed E-state index contributed by atoms with van der Waals surface area (Å²) in [5.41, 5.74) is 0.211. The average Bonchev–Trinajstić information content (AvgIpc) is 2.28. The second kappa shape index (κ2) is 6.72. The van der Waals surface area contributed by atoms with Crippen molar-refractivity contribution in [1.82, 2.24) is 10.2 Å². The molecule has 0 spiro atoms. The monoisotopic (exact) mass is 404 g/mol. The lowest BCUT2D eigenvalue weighted by Crippen LogP contribution is -2.46. The van der Waals surface area contributed by atoms with Crippen molar-refractivity contribution >= 4 is 43.7 Å². The van der Waals surface area contributed by atoms with Crippen LogP contribution in [0.5, 0.6) is 0 Å². The van der Waals surface area contributed by atoms with Gasteiger partial charge in [-0.15, -0.1) is 0 Å². The first-order chi connectivity index (χ1) is 9.10. The highest BCUT2D eigenvalue weighted by atomic mass is 79.9. The van der Waals surface area contributed by atoms with Crippen LogP contribution in [0.15, 0.2) is 27.1 Å². The highest BCUT2D eigenvalue weighted by molar-refractivity contribution is 9.11. The number of nitrogens with one attached hydrogen (secondary N) is 1. The molecule has 0 unspecified atom stereocenters. The van der Waals surface area contributed by atoms with Crippen molar-refractivity contribution in [3.8, 4) is 0 Å². The molecule has 0 aliphatic heterocycles. The zero-order chi connectivity index (χ0) is 15.5. The maximum Gasteiger partial charge on any atom is 0.255 e. The minimum Gasteiger partial charge on any atom is -0.350 e. The van der Waals surface area contributed by atoms with E-state index in [2.05, 4.69) is 37.2 Å².